The zero-order valence-corrected chi connectivity index (χ0v) is 17.8. The summed E-state index contributed by atoms with van der Waals surface area (Å²) in [6, 6.07) is 15.1. The number of hydrogen-bond donors (Lipinski definition) is 0. The monoisotopic (exact) mass is 434 g/mol. The number of nitrogens with zero attached hydrogens (tertiary/aromatic N) is 2. The SMILES string of the molecule is COC1CCC2(CC1)Cc1ccc(Br)cc1C21N=C(C)c2ccc(C#N)cc21. The molecule has 142 valence electrons. The largest absolute Gasteiger partial charge is 0.381 e. The molecule has 3 nitrogen and oxygen atoms in total. The molecule has 1 heterocycles. The van der Waals surface area contributed by atoms with Crippen LogP contribution in [0, 0.1) is 16.7 Å². The zero-order chi connectivity index (χ0) is 19.5. The standard InChI is InChI=1S/C24H23BrN2O/c1-15-20-6-3-16(14-26)11-22(20)24(27-15)21-12-18(25)5-4-17(21)13-23(24)9-7-19(28-2)8-10-23/h3-6,11-12,19H,7-10,13H2,1-2H3. The highest BCUT2D eigenvalue weighted by molar-refractivity contribution is 9.10. The Morgan fingerprint density at radius 1 is 1.14 bits per heavy atom. The van der Waals surface area contributed by atoms with Gasteiger partial charge in [0.2, 0.25) is 0 Å². The van der Waals surface area contributed by atoms with Crippen molar-refractivity contribution < 1.29 is 4.74 Å². The Labute approximate surface area is 174 Å². The second-order valence-electron chi connectivity index (χ2n) is 8.47. The number of halogens is 1. The van der Waals surface area contributed by atoms with Gasteiger partial charge in [-0.3, -0.25) is 4.99 Å². The normalized spacial score (nSPS) is 30.2. The van der Waals surface area contributed by atoms with E-state index in [2.05, 4.69) is 59.3 Å². The Balaban J connectivity index is 1.79. The van der Waals surface area contributed by atoms with Crippen LogP contribution in [0.15, 0.2) is 45.9 Å². The molecule has 1 unspecified atom stereocenters. The molecule has 1 saturated carbocycles. The van der Waals surface area contributed by atoms with Crippen LogP contribution in [0.25, 0.3) is 0 Å². The average Bonchev–Trinajstić information content (AvgIpc) is 3.16. The second kappa shape index (κ2) is 6.27. The van der Waals surface area contributed by atoms with Crippen molar-refractivity contribution in [1.29, 1.82) is 5.26 Å². The molecular formula is C24H23BrN2O. The molecule has 0 N–H and O–H groups in total. The highest BCUT2D eigenvalue weighted by Gasteiger charge is 2.61. The Morgan fingerprint density at radius 2 is 1.93 bits per heavy atom. The minimum Gasteiger partial charge on any atom is -0.381 e. The van der Waals surface area contributed by atoms with Gasteiger partial charge in [-0.15, -0.1) is 0 Å². The third kappa shape index (κ3) is 2.27. The van der Waals surface area contributed by atoms with Gasteiger partial charge in [-0.05, 0) is 80.0 Å². The van der Waals surface area contributed by atoms with Crippen LogP contribution < -0.4 is 0 Å². The van der Waals surface area contributed by atoms with Crippen molar-refractivity contribution in [1.82, 2.24) is 0 Å². The van der Waals surface area contributed by atoms with E-state index in [4.69, 9.17) is 9.73 Å². The molecular weight excluding hydrogens is 412 g/mol. The molecule has 0 aromatic heterocycles. The summed E-state index contributed by atoms with van der Waals surface area (Å²) in [7, 11) is 1.82. The molecule has 1 aliphatic heterocycles. The zero-order valence-electron chi connectivity index (χ0n) is 16.3. The van der Waals surface area contributed by atoms with Crippen LogP contribution in [0.3, 0.4) is 0 Å². The summed E-state index contributed by atoms with van der Waals surface area (Å²) in [5, 5.41) is 9.56. The number of methoxy groups -OCH3 is 1. The van der Waals surface area contributed by atoms with E-state index in [1.807, 2.05) is 13.2 Å². The molecule has 2 spiro atoms. The lowest BCUT2D eigenvalue weighted by Gasteiger charge is -2.47. The molecule has 1 atom stereocenters. The van der Waals surface area contributed by atoms with Crippen LogP contribution in [0.5, 0.6) is 0 Å². The van der Waals surface area contributed by atoms with Crippen molar-refractivity contribution >= 4 is 21.6 Å². The number of rotatable bonds is 1. The van der Waals surface area contributed by atoms with Crippen molar-refractivity contribution in [2.24, 2.45) is 10.4 Å². The van der Waals surface area contributed by atoms with Crippen LogP contribution in [0.1, 0.15) is 60.4 Å². The van der Waals surface area contributed by atoms with Crippen molar-refractivity contribution in [3.05, 3.63) is 68.7 Å². The fourth-order valence-electron chi connectivity index (χ4n) is 5.95. The molecule has 2 aliphatic carbocycles. The van der Waals surface area contributed by atoms with Crippen molar-refractivity contribution in [2.75, 3.05) is 7.11 Å². The quantitative estimate of drug-likeness (QED) is 0.592. The Morgan fingerprint density at radius 3 is 2.64 bits per heavy atom. The third-order valence-electron chi connectivity index (χ3n) is 7.24. The van der Waals surface area contributed by atoms with Crippen LogP contribution in [0.2, 0.25) is 0 Å². The van der Waals surface area contributed by atoms with E-state index in [0.29, 0.717) is 11.7 Å². The Bertz CT molecular complexity index is 1040. The van der Waals surface area contributed by atoms with Crippen molar-refractivity contribution in [2.45, 2.75) is 50.7 Å². The molecule has 0 bridgehead atoms. The highest BCUT2D eigenvalue weighted by Crippen LogP contribution is 2.65. The van der Waals surface area contributed by atoms with Gasteiger partial charge in [0.15, 0.2) is 0 Å². The lowest BCUT2D eigenvalue weighted by molar-refractivity contribution is 0.00685. The number of aliphatic imine (C=N–C) groups is 1. The number of ether oxygens (including phenoxy) is 1. The first-order valence-electron chi connectivity index (χ1n) is 9.96. The minimum absolute atomic E-state index is 0.0474. The van der Waals surface area contributed by atoms with Gasteiger partial charge in [-0.25, -0.2) is 0 Å². The Kier molecular flexibility index (Phi) is 4.05. The lowest BCUT2D eigenvalue weighted by atomic mass is 9.59. The van der Waals surface area contributed by atoms with Gasteiger partial charge < -0.3 is 4.74 Å². The number of nitriles is 1. The first-order chi connectivity index (χ1) is 13.5. The molecule has 28 heavy (non-hydrogen) atoms. The van der Waals surface area contributed by atoms with E-state index in [0.717, 1.165) is 42.3 Å². The molecule has 3 aliphatic rings. The second-order valence-corrected chi connectivity index (χ2v) is 9.39. The molecule has 0 radical (unpaired) electrons. The summed E-state index contributed by atoms with van der Waals surface area (Å²) >= 11 is 3.69. The fraction of sp³-hybridized carbons (Fsp3) is 0.417. The van der Waals surface area contributed by atoms with Gasteiger partial charge in [0, 0.05) is 28.3 Å². The van der Waals surface area contributed by atoms with E-state index in [-0.39, 0.29) is 5.41 Å². The van der Waals surface area contributed by atoms with Crippen LogP contribution in [0.4, 0.5) is 0 Å². The number of benzene rings is 2. The third-order valence-corrected chi connectivity index (χ3v) is 7.74. The van der Waals surface area contributed by atoms with Crippen LogP contribution in [-0.4, -0.2) is 18.9 Å². The summed E-state index contributed by atoms with van der Waals surface area (Å²) in [5.41, 5.74) is 6.57. The van der Waals surface area contributed by atoms with Gasteiger partial charge in [0.1, 0.15) is 5.54 Å². The Hall–Kier alpha value is -1.96. The smallest absolute Gasteiger partial charge is 0.118 e. The molecule has 0 saturated heterocycles. The van der Waals surface area contributed by atoms with Crippen molar-refractivity contribution in [3.63, 3.8) is 0 Å². The summed E-state index contributed by atoms with van der Waals surface area (Å²) in [4.78, 5) is 5.42. The lowest BCUT2D eigenvalue weighted by Crippen LogP contribution is -2.45. The van der Waals surface area contributed by atoms with Gasteiger partial charge in [-0.1, -0.05) is 28.1 Å². The van der Waals surface area contributed by atoms with Gasteiger partial charge >= 0.3 is 0 Å². The maximum atomic E-state index is 9.56. The fourth-order valence-corrected chi connectivity index (χ4v) is 6.31. The van der Waals surface area contributed by atoms with Gasteiger partial charge in [-0.2, -0.15) is 5.26 Å². The van der Waals surface area contributed by atoms with E-state index in [1.165, 1.54) is 22.3 Å². The molecule has 4 heteroatoms. The molecule has 2 aromatic rings. The molecule has 2 aromatic carbocycles. The number of hydrogen-bond acceptors (Lipinski definition) is 3. The minimum atomic E-state index is -0.392. The van der Waals surface area contributed by atoms with E-state index in [9.17, 15) is 5.26 Å². The predicted octanol–water partition coefficient (Wildman–Crippen LogP) is 5.52. The first-order valence-corrected chi connectivity index (χ1v) is 10.8. The number of fused-ring (bicyclic) bond motifs is 5. The summed E-state index contributed by atoms with van der Waals surface area (Å²) in [6.07, 6.45) is 5.69. The topological polar surface area (TPSA) is 45.4 Å². The summed E-state index contributed by atoms with van der Waals surface area (Å²) in [5.74, 6) is 0. The van der Waals surface area contributed by atoms with E-state index < -0.39 is 5.54 Å². The molecule has 5 rings (SSSR count). The maximum Gasteiger partial charge on any atom is 0.118 e. The summed E-state index contributed by atoms with van der Waals surface area (Å²) in [6.45, 7) is 2.12. The van der Waals surface area contributed by atoms with Gasteiger partial charge in [0.25, 0.3) is 0 Å². The first kappa shape index (κ1) is 18.1. The van der Waals surface area contributed by atoms with E-state index >= 15 is 0 Å². The predicted molar refractivity (Wildman–Crippen MR) is 114 cm³/mol. The maximum absolute atomic E-state index is 9.56. The average molecular weight is 435 g/mol. The summed E-state index contributed by atoms with van der Waals surface area (Å²) < 4.78 is 6.77. The highest BCUT2D eigenvalue weighted by atomic mass is 79.9. The molecule has 1 fully saturated rings. The van der Waals surface area contributed by atoms with E-state index in [1.54, 1.807) is 0 Å². The van der Waals surface area contributed by atoms with Gasteiger partial charge in [0.05, 0.1) is 17.7 Å². The molecule has 0 amide bonds. The van der Waals surface area contributed by atoms with Crippen LogP contribution in [-0.2, 0) is 16.7 Å². The van der Waals surface area contributed by atoms with Crippen molar-refractivity contribution in [3.8, 4) is 6.07 Å². The van der Waals surface area contributed by atoms with Crippen LogP contribution >= 0.6 is 15.9 Å².